The second-order valence-electron chi connectivity index (χ2n) is 19.8. The van der Waals surface area contributed by atoms with Gasteiger partial charge in [0, 0.05) is 11.1 Å². The quantitative estimate of drug-likeness (QED) is 0.0673. The molecule has 0 saturated carbocycles. The Kier molecular flexibility index (Phi) is 15.5. The van der Waals surface area contributed by atoms with Crippen molar-refractivity contribution in [1.82, 2.24) is 4.98 Å². The summed E-state index contributed by atoms with van der Waals surface area (Å²) in [6, 6.07) is 21.6. The third kappa shape index (κ3) is 12.6. The summed E-state index contributed by atoms with van der Waals surface area (Å²) in [6.07, 6.45) is -48.7. The lowest BCUT2D eigenvalue weighted by atomic mass is 9.12. The molecule has 0 fully saturated rings. The van der Waals surface area contributed by atoms with Gasteiger partial charge in [0.1, 0.15) is 11.8 Å². The second-order valence-corrected chi connectivity index (χ2v) is 19.8. The van der Waals surface area contributed by atoms with E-state index in [2.05, 4.69) is 95.7 Å². The maximum absolute atomic E-state index is 14.2. The fourth-order valence-electron chi connectivity index (χ4n) is 10.5. The van der Waals surface area contributed by atoms with Gasteiger partial charge in [-0.3, -0.25) is 0 Å². The van der Waals surface area contributed by atoms with Gasteiger partial charge in [-0.15, -0.1) is 0 Å². The molecular formula is C59H31BF24N2. The molecule has 1 heterocycles. The van der Waals surface area contributed by atoms with Crippen molar-refractivity contribution in [3.05, 3.63) is 226 Å². The summed E-state index contributed by atoms with van der Waals surface area (Å²) in [5.41, 5.74) is -26.7. The molecule has 9 aromatic carbocycles. The van der Waals surface area contributed by atoms with Crippen molar-refractivity contribution in [1.29, 1.82) is 0 Å². The highest BCUT2D eigenvalue weighted by atomic mass is 19.4. The SMILES string of the molecule is FC(F)(F)c1cc([B-](c2cc(C(F)(F)F)cc(C(F)(F)F)c2)(c2cc(C(F)(F)F)cc(C(F)(F)F)c2)c2cc(C(F)(F)F)cc(C(F)(F)F)c2)cc(C(F)(F)F)c1.c1ccc(C[n+]2ccnc(-c3ccc4ccc5cccc6ccc3c4c56)c2)cc1. The number of hydrogen-bond donors (Lipinski definition) is 0. The highest BCUT2D eigenvalue weighted by Crippen LogP contribution is 2.43. The zero-order valence-electron chi connectivity index (χ0n) is 42.5. The molecule has 2 nitrogen and oxygen atoms in total. The number of halogens is 24. The number of benzene rings is 9. The van der Waals surface area contributed by atoms with E-state index in [-0.39, 0.29) is 0 Å². The number of nitrogens with zero attached hydrogens (tertiary/aromatic N) is 2. The number of rotatable bonds is 7. The van der Waals surface area contributed by atoms with Crippen molar-refractivity contribution >= 4 is 60.3 Å². The highest BCUT2D eigenvalue weighted by Gasteiger charge is 2.47. The lowest BCUT2D eigenvalue weighted by Crippen LogP contribution is -2.75. The molecular weight excluding hydrogens is 1200 g/mol. The normalized spacial score (nSPS) is 13.4. The molecule has 10 rings (SSSR count). The van der Waals surface area contributed by atoms with Crippen molar-refractivity contribution in [3.63, 3.8) is 0 Å². The van der Waals surface area contributed by atoms with Gasteiger partial charge in [-0.2, -0.15) is 132 Å². The summed E-state index contributed by atoms with van der Waals surface area (Å²) in [7, 11) is 0. The third-order valence-electron chi connectivity index (χ3n) is 14.2. The molecule has 448 valence electrons. The summed E-state index contributed by atoms with van der Waals surface area (Å²) in [4.78, 5) is 4.71. The van der Waals surface area contributed by atoms with E-state index < -0.39 is 195 Å². The van der Waals surface area contributed by atoms with Gasteiger partial charge < -0.3 is 0 Å². The molecule has 0 radical (unpaired) electrons. The van der Waals surface area contributed by atoms with Crippen LogP contribution >= 0.6 is 0 Å². The smallest absolute Gasteiger partial charge is 0.244 e. The minimum absolute atomic E-state index is 0.691. The average Bonchev–Trinajstić information content (AvgIpc) is 0.736. The van der Waals surface area contributed by atoms with Crippen LogP contribution in [0.2, 0.25) is 0 Å². The molecule has 0 aliphatic rings. The Hall–Kier alpha value is -8.52. The molecule has 86 heavy (non-hydrogen) atoms. The summed E-state index contributed by atoms with van der Waals surface area (Å²) in [5, 5.41) is 7.80. The molecule has 0 amide bonds. The van der Waals surface area contributed by atoms with Crippen LogP contribution in [-0.4, -0.2) is 11.1 Å². The van der Waals surface area contributed by atoms with E-state index in [1.807, 2.05) is 12.4 Å². The van der Waals surface area contributed by atoms with Crippen LogP contribution in [0.4, 0.5) is 105 Å². The molecule has 0 spiro atoms. The van der Waals surface area contributed by atoms with Crippen LogP contribution in [0.15, 0.2) is 176 Å². The van der Waals surface area contributed by atoms with Crippen LogP contribution < -0.4 is 26.4 Å². The van der Waals surface area contributed by atoms with E-state index in [0.717, 1.165) is 12.2 Å². The van der Waals surface area contributed by atoms with Gasteiger partial charge in [0.2, 0.25) is 0 Å². The minimum Gasteiger partial charge on any atom is -0.244 e. The minimum atomic E-state index is -6.13. The van der Waals surface area contributed by atoms with E-state index >= 15 is 0 Å². The average molecular weight is 1230 g/mol. The first-order chi connectivity index (χ1) is 39.6. The van der Waals surface area contributed by atoms with Crippen LogP contribution in [0, 0.1) is 0 Å². The summed E-state index contributed by atoms with van der Waals surface area (Å²) < 4.78 is 343. The van der Waals surface area contributed by atoms with Gasteiger partial charge in [-0.05, 0) is 56.6 Å². The van der Waals surface area contributed by atoms with E-state index in [1.54, 1.807) is 0 Å². The van der Waals surface area contributed by atoms with Gasteiger partial charge in [0.15, 0.2) is 18.9 Å². The second kappa shape index (κ2) is 21.5. The Balaban J connectivity index is 0.000000251. The van der Waals surface area contributed by atoms with Crippen molar-refractivity contribution < 1.29 is 110 Å². The highest BCUT2D eigenvalue weighted by molar-refractivity contribution is 7.20. The molecule has 0 bridgehead atoms. The van der Waals surface area contributed by atoms with Gasteiger partial charge in [0.25, 0.3) is 0 Å². The van der Waals surface area contributed by atoms with Crippen LogP contribution in [-0.2, 0) is 56.0 Å². The largest absolute Gasteiger partial charge is 0.416 e. The fourth-order valence-corrected chi connectivity index (χ4v) is 10.5. The van der Waals surface area contributed by atoms with Crippen LogP contribution in [0.25, 0.3) is 43.6 Å². The molecule has 10 aromatic rings. The number of aromatic nitrogens is 2. The Morgan fingerprint density at radius 1 is 0.326 bits per heavy atom. The zero-order chi connectivity index (χ0) is 63.1. The van der Waals surface area contributed by atoms with Crippen LogP contribution in [0.3, 0.4) is 0 Å². The maximum Gasteiger partial charge on any atom is 0.416 e. The van der Waals surface area contributed by atoms with E-state index in [1.165, 1.54) is 43.4 Å². The Bertz CT molecular complexity index is 3700. The predicted molar refractivity (Wildman–Crippen MR) is 269 cm³/mol. The Morgan fingerprint density at radius 2 is 0.640 bits per heavy atom. The molecule has 1 aromatic heterocycles. The third-order valence-corrected chi connectivity index (χ3v) is 14.2. The van der Waals surface area contributed by atoms with Crippen molar-refractivity contribution in [2.24, 2.45) is 0 Å². The predicted octanol–water partition coefficient (Wildman–Crippen LogP) is 17.2. The Morgan fingerprint density at radius 3 is 0.977 bits per heavy atom. The fraction of sp³-hybridized carbons (Fsp3) is 0.153. The summed E-state index contributed by atoms with van der Waals surface area (Å²) in [6.45, 7) is 0.836. The molecule has 0 unspecified atom stereocenters. The van der Waals surface area contributed by atoms with E-state index in [9.17, 15) is 105 Å². The van der Waals surface area contributed by atoms with Crippen molar-refractivity contribution in [2.45, 2.75) is 56.0 Å². The summed E-state index contributed by atoms with van der Waals surface area (Å²) in [5.74, 6) is 0. The van der Waals surface area contributed by atoms with Crippen LogP contribution in [0.5, 0.6) is 0 Å². The number of alkyl halides is 24. The lowest BCUT2D eigenvalue weighted by Gasteiger charge is -2.46. The maximum atomic E-state index is 14.2. The lowest BCUT2D eigenvalue weighted by molar-refractivity contribution is -0.688. The zero-order valence-corrected chi connectivity index (χ0v) is 42.5. The molecule has 0 saturated heterocycles. The monoisotopic (exact) mass is 1230 g/mol. The van der Waals surface area contributed by atoms with Gasteiger partial charge >= 0.3 is 49.4 Å². The molecule has 0 N–H and O–H groups in total. The first-order valence-corrected chi connectivity index (χ1v) is 24.5. The molecule has 0 aliphatic carbocycles. The summed E-state index contributed by atoms with van der Waals surface area (Å²) >= 11 is 0. The van der Waals surface area contributed by atoms with Crippen molar-refractivity contribution in [2.75, 3.05) is 0 Å². The molecule has 27 heteroatoms. The standard InChI is InChI=1S/C32H12BF24.C27H19N2/c34-25(35,36)13-1-14(26(37,38)39)6-21(5-13)33(22-7-15(27(40,41)42)2-16(8-22)28(43,44)45,23-9-17(29(46,47)48)3-18(10-23)30(49,50)51)24-11-19(31(52,53)54)4-20(12-24)32(55,56)57;1-2-5-19(6-3-1)17-29-16-15-28-25(18-29)23-13-11-22-10-9-20-7-4-8-21-12-14-24(23)27(22)26(20)21/h1-12H;1-16,18H,17H2/q-1;+1. The van der Waals surface area contributed by atoms with Gasteiger partial charge in [0.05, 0.1) is 50.7 Å². The first kappa shape index (κ1) is 62.0. The van der Waals surface area contributed by atoms with Gasteiger partial charge in [-0.25, -0.2) is 4.98 Å². The Labute approximate surface area is 467 Å². The first-order valence-electron chi connectivity index (χ1n) is 24.5. The van der Waals surface area contributed by atoms with E-state index in [4.69, 9.17) is 4.98 Å². The molecule has 0 aliphatic heterocycles. The van der Waals surface area contributed by atoms with Crippen LogP contribution in [0.1, 0.15) is 50.1 Å². The van der Waals surface area contributed by atoms with Crippen molar-refractivity contribution in [3.8, 4) is 11.3 Å². The van der Waals surface area contributed by atoms with Gasteiger partial charge in [-0.1, -0.05) is 133 Å². The molecule has 0 atom stereocenters. The topological polar surface area (TPSA) is 16.8 Å². The van der Waals surface area contributed by atoms with E-state index in [0.29, 0.717) is 0 Å². The number of hydrogen-bond acceptors (Lipinski definition) is 1.